The van der Waals surface area contributed by atoms with E-state index >= 15 is 0 Å². The van der Waals surface area contributed by atoms with E-state index in [1.807, 2.05) is 20.8 Å². The number of carbonyl (C=O) groups is 1. The van der Waals surface area contributed by atoms with Crippen molar-refractivity contribution in [1.82, 2.24) is 10.6 Å². The minimum absolute atomic E-state index is 0.136. The maximum absolute atomic E-state index is 12.0. The minimum Gasteiger partial charge on any atom is -0.444 e. The van der Waals surface area contributed by atoms with Gasteiger partial charge in [-0.2, -0.15) is 0 Å². The maximum atomic E-state index is 12.0. The van der Waals surface area contributed by atoms with Crippen molar-refractivity contribution in [2.45, 2.75) is 65.1 Å². The van der Waals surface area contributed by atoms with Gasteiger partial charge in [-0.1, -0.05) is 29.8 Å². The molecule has 0 bridgehead atoms. The van der Waals surface area contributed by atoms with Crippen LogP contribution in [0.3, 0.4) is 0 Å². The molecule has 2 N–H and O–H groups in total. The van der Waals surface area contributed by atoms with Crippen LogP contribution in [0.2, 0.25) is 0 Å². The standard InChI is InChI=1S/C19H30N2O2/c1-13-7-6-8-16(11-13)14(2)20-12-17(15-9-10-15)21-18(22)23-19(3,4)5/h6-8,11,14-15,17,20H,9-10,12H2,1-5H3,(H,21,22). The third kappa shape index (κ3) is 6.22. The molecule has 2 atom stereocenters. The average molecular weight is 318 g/mol. The molecule has 2 rings (SSSR count). The van der Waals surface area contributed by atoms with Gasteiger partial charge in [0.05, 0.1) is 0 Å². The van der Waals surface area contributed by atoms with Crippen LogP contribution in [0.15, 0.2) is 24.3 Å². The van der Waals surface area contributed by atoms with Crippen molar-refractivity contribution in [3.8, 4) is 0 Å². The van der Waals surface area contributed by atoms with E-state index in [1.165, 1.54) is 24.0 Å². The number of nitrogens with one attached hydrogen (secondary N) is 2. The fourth-order valence-electron chi connectivity index (χ4n) is 2.65. The quantitative estimate of drug-likeness (QED) is 0.835. The van der Waals surface area contributed by atoms with E-state index in [4.69, 9.17) is 4.74 Å². The smallest absolute Gasteiger partial charge is 0.407 e. The molecular weight excluding hydrogens is 288 g/mol. The number of alkyl carbamates (subject to hydrolysis) is 1. The summed E-state index contributed by atoms with van der Waals surface area (Å²) in [5.74, 6) is 0.569. The summed E-state index contributed by atoms with van der Waals surface area (Å²) in [6.07, 6.45) is 2.04. The highest BCUT2D eigenvalue weighted by molar-refractivity contribution is 5.68. The minimum atomic E-state index is -0.458. The molecule has 1 aliphatic carbocycles. The molecule has 0 radical (unpaired) electrons. The normalized spacial score (nSPS) is 17.4. The van der Waals surface area contributed by atoms with Crippen LogP contribution < -0.4 is 10.6 Å². The molecule has 0 aliphatic heterocycles. The Morgan fingerprint density at radius 1 is 1.35 bits per heavy atom. The monoisotopic (exact) mass is 318 g/mol. The predicted molar refractivity (Wildman–Crippen MR) is 93.5 cm³/mol. The van der Waals surface area contributed by atoms with Crippen LogP contribution in [-0.2, 0) is 4.74 Å². The number of hydrogen-bond acceptors (Lipinski definition) is 3. The van der Waals surface area contributed by atoms with Gasteiger partial charge in [0.1, 0.15) is 5.60 Å². The zero-order valence-electron chi connectivity index (χ0n) is 15.0. The molecule has 1 amide bonds. The molecule has 4 nitrogen and oxygen atoms in total. The summed E-state index contributed by atoms with van der Waals surface area (Å²) >= 11 is 0. The Hall–Kier alpha value is -1.55. The van der Waals surface area contributed by atoms with Gasteiger partial charge in [-0.05, 0) is 58.9 Å². The molecule has 2 unspecified atom stereocenters. The van der Waals surface area contributed by atoms with E-state index in [0.717, 1.165) is 6.54 Å². The molecule has 0 saturated heterocycles. The van der Waals surface area contributed by atoms with Crippen LogP contribution in [0.25, 0.3) is 0 Å². The van der Waals surface area contributed by atoms with E-state index in [-0.39, 0.29) is 18.2 Å². The van der Waals surface area contributed by atoms with Gasteiger partial charge in [0.15, 0.2) is 0 Å². The third-order valence-electron chi connectivity index (χ3n) is 4.08. The van der Waals surface area contributed by atoms with Gasteiger partial charge in [0, 0.05) is 18.6 Å². The summed E-state index contributed by atoms with van der Waals surface area (Å²) in [4.78, 5) is 12.0. The van der Waals surface area contributed by atoms with Crippen LogP contribution in [0, 0.1) is 12.8 Å². The first-order valence-corrected chi connectivity index (χ1v) is 8.54. The first-order chi connectivity index (χ1) is 10.7. The van der Waals surface area contributed by atoms with Gasteiger partial charge >= 0.3 is 6.09 Å². The Labute approximate surface area is 140 Å². The van der Waals surface area contributed by atoms with Crippen LogP contribution >= 0.6 is 0 Å². The second-order valence-corrected chi connectivity index (χ2v) is 7.63. The van der Waals surface area contributed by atoms with Crippen LogP contribution in [0.1, 0.15) is 57.7 Å². The Kier molecular flexibility index (Phi) is 5.69. The molecule has 23 heavy (non-hydrogen) atoms. The van der Waals surface area contributed by atoms with Crippen molar-refractivity contribution < 1.29 is 9.53 Å². The van der Waals surface area contributed by atoms with Crippen LogP contribution in [-0.4, -0.2) is 24.3 Å². The van der Waals surface area contributed by atoms with Crippen molar-refractivity contribution in [2.75, 3.05) is 6.54 Å². The van der Waals surface area contributed by atoms with Crippen LogP contribution in [0.5, 0.6) is 0 Å². The third-order valence-corrected chi connectivity index (χ3v) is 4.08. The zero-order valence-corrected chi connectivity index (χ0v) is 15.0. The van der Waals surface area contributed by atoms with E-state index in [9.17, 15) is 4.79 Å². The molecule has 128 valence electrons. The van der Waals surface area contributed by atoms with E-state index < -0.39 is 5.60 Å². The topological polar surface area (TPSA) is 50.4 Å². The lowest BCUT2D eigenvalue weighted by Crippen LogP contribution is -2.46. The van der Waals surface area contributed by atoms with Crippen LogP contribution in [0.4, 0.5) is 4.79 Å². The van der Waals surface area contributed by atoms with Crippen molar-refractivity contribution in [3.63, 3.8) is 0 Å². The average Bonchev–Trinajstić information content (AvgIpc) is 3.25. The van der Waals surface area contributed by atoms with Crippen molar-refractivity contribution in [2.24, 2.45) is 5.92 Å². The number of ether oxygens (including phenoxy) is 1. The first-order valence-electron chi connectivity index (χ1n) is 8.54. The molecule has 1 fully saturated rings. The molecule has 0 spiro atoms. The highest BCUT2D eigenvalue weighted by atomic mass is 16.6. The highest BCUT2D eigenvalue weighted by Gasteiger charge is 2.33. The van der Waals surface area contributed by atoms with Gasteiger partial charge in [-0.15, -0.1) is 0 Å². The lowest BCUT2D eigenvalue weighted by Gasteiger charge is -2.25. The summed E-state index contributed by atoms with van der Waals surface area (Å²) in [5, 5.41) is 6.58. The summed E-state index contributed by atoms with van der Waals surface area (Å²) in [6, 6.07) is 8.92. The number of benzene rings is 1. The highest BCUT2D eigenvalue weighted by Crippen LogP contribution is 2.32. The van der Waals surface area contributed by atoms with E-state index in [0.29, 0.717) is 5.92 Å². The number of carbonyl (C=O) groups excluding carboxylic acids is 1. The second kappa shape index (κ2) is 7.35. The van der Waals surface area contributed by atoms with Gasteiger partial charge in [0.25, 0.3) is 0 Å². The summed E-state index contributed by atoms with van der Waals surface area (Å²) in [6.45, 7) is 10.7. The molecule has 1 aliphatic rings. The fourth-order valence-corrected chi connectivity index (χ4v) is 2.65. The molecular formula is C19H30N2O2. The molecule has 1 saturated carbocycles. The summed E-state index contributed by atoms with van der Waals surface area (Å²) < 4.78 is 5.38. The Bertz CT molecular complexity index is 532. The van der Waals surface area contributed by atoms with Gasteiger partial charge in [-0.25, -0.2) is 4.79 Å². The van der Waals surface area contributed by atoms with Gasteiger partial charge < -0.3 is 15.4 Å². The number of amides is 1. The molecule has 0 aromatic heterocycles. The van der Waals surface area contributed by atoms with Crippen molar-refractivity contribution in [3.05, 3.63) is 35.4 Å². The van der Waals surface area contributed by atoms with E-state index in [2.05, 4.69) is 48.7 Å². The second-order valence-electron chi connectivity index (χ2n) is 7.63. The molecule has 1 aromatic rings. The lowest BCUT2D eigenvalue weighted by molar-refractivity contribution is 0.0497. The largest absolute Gasteiger partial charge is 0.444 e. The number of hydrogen-bond donors (Lipinski definition) is 2. The lowest BCUT2D eigenvalue weighted by atomic mass is 10.1. The fraction of sp³-hybridized carbons (Fsp3) is 0.632. The molecule has 1 aromatic carbocycles. The van der Waals surface area contributed by atoms with E-state index in [1.54, 1.807) is 0 Å². The van der Waals surface area contributed by atoms with Gasteiger partial charge in [0.2, 0.25) is 0 Å². The van der Waals surface area contributed by atoms with Crippen molar-refractivity contribution in [1.29, 1.82) is 0 Å². The number of rotatable bonds is 6. The predicted octanol–water partition coefficient (Wildman–Crippen LogP) is 3.95. The summed E-state index contributed by atoms with van der Waals surface area (Å²) in [7, 11) is 0. The van der Waals surface area contributed by atoms with Crippen molar-refractivity contribution >= 4 is 6.09 Å². The summed E-state index contributed by atoms with van der Waals surface area (Å²) in [5.41, 5.74) is 2.08. The Balaban J connectivity index is 1.86. The molecule has 0 heterocycles. The zero-order chi connectivity index (χ0) is 17.0. The molecule has 4 heteroatoms. The van der Waals surface area contributed by atoms with Gasteiger partial charge in [-0.3, -0.25) is 0 Å². The Morgan fingerprint density at radius 2 is 2.04 bits per heavy atom. The SMILES string of the molecule is Cc1cccc(C(C)NCC(NC(=O)OC(C)(C)C)C2CC2)c1. The maximum Gasteiger partial charge on any atom is 0.407 e. The number of aryl methyl sites for hydroxylation is 1. The Morgan fingerprint density at radius 3 is 2.61 bits per heavy atom. The first kappa shape index (κ1) is 17.8.